The lowest BCUT2D eigenvalue weighted by atomic mass is 10.1. The van der Waals surface area contributed by atoms with Gasteiger partial charge in [0.25, 0.3) is 0 Å². The second kappa shape index (κ2) is 3.32. The summed E-state index contributed by atoms with van der Waals surface area (Å²) in [5, 5.41) is 4.07. The van der Waals surface area contributed by atoms with E-state index in [0.29, 0.717) is 5.69 Å². The first kappa shape index (κ1) is 9.05. The molecule has 1 amide bonds. The van der Waals surface area contributed by atoms with Gasteiger partial charge in [0.1, 0.15) is 6.04 Å². The van der Waals surface area contributed by atoms with E-state index >= 15 is 0 Å². The van der Waals surface area contributed by atoms with Crippen LogP contribution in [0, 0.1) is 0 Å². The van der Waals surface area contributed by atoms with E-state index in [1.807, 2.05) is 7.05 Å². The summed E-state index contributed by atoms with van der Waals surface area (Å²) < 4.78 is 1.66. The van der Waals surface area contributed by atoms with Crippen LogP contribution in [0.3, 0.4) is 0 Å². The predicted octanol–water partition coefficient (Wildman–Crippen LogP) is 0.259. The molecule has 1 saturated heterocycles. The number of nitrogen functional groups attached to an aromatic ring is 1. The quantitative estimate of drug-likeness (QED) is 0.697. The fourth-order valence-electron chi connectivity index (χ4n) is 1.78. The lowest BCUT2D eigenvalue weighted by molar-refractivity contribution is -0.136. The average molecular weight is 194 g/mol. The van der Waals surface area contributed by atoms with Gasteiger partial charge in [0.15, 0.2) is 0 Å². The highest BCUT2D eigenvalue weighted by Crippen LogP contribution is 2.21. The Morgan fingerprint density at radius 2 is 2.43 bits per heavy atom. The van der Waals surface area contributed by atoms with Gasteiger partial charge < -0.3 is 10.6 Å². The maximum atomic E-state index is 11.8. The zero-order valence-corrected chi connectivity index (χ0v) is 8.18. The molecule has 5 heteroatoms. The molecular formula is C9H14N4O. The Kier molecular flexibility index (Phi) is 2.15. The van der Waals surface area contributed by atoms with Crippen molar-refractivity contribution < 1.29 is 4.79 Å². The molecule has 0 radical (unpaired) electrons. The predicted molar refractivity (Wildman–Crippen MR) is 52.5 cm³/mol. The second-order valence-corrected chi connectivity index (χ2v) is 3.67. The lowest BCUT2D eigenvalue weighted by Crippen LogP contribution is -2.39. The maximum Gasteiger partial charge on any atom is 0.247 e. The van der Waals surface area contributed by atoms with Gasteiger partial charge in [-0.15, -0.1) is 0 Å². The van der Waals surface area contributed by atoms with Crippen LogP contribution in [-0.2, 0) is 4.79 Å². The van der Waals surface area contributed by atoms with Crippen molar-refractivity contribution in [2.75, 3.05) is 19.3 Å². The summed E-state index contributed by atoms with van der Waals surface area (Å²) in [6.07, 6.45) is 5.15. The van der Waals surface area contributed by atoms with Gasteiger partial charge in [0, 0.05) is 19.8 Å². The lowest BCUT2D eigenvalue weighted by Gasteiger charge is -2.29. The van der Waals surface area contributed by atoms with E-state index in [1.54, 1.807) is 22.0 Å². The van der Waals surface area contributed by atoms with E-state index in [-0.39, 0.29) is 11.9 Å². The van der Waals surface area contributed by atoms with Crippen LogP contribution in [0.25, 0.3) is 0 Å². The number of rotatable bonds is 1. The van der Waals surface area contributed by atoms with E-state index in [2.05, 4.69) is 5.10 Å². The van der Waals surface area contributed by atoms with Crippen molar-refractivity contribution in [3.05, 3.63) is 12.4 Å². The standard InChI is InChI=1S/C9H14N4O/c1-12-4-2-3-8(9(12)14)13-6-7(10)5-11-13/h5-6,8H,2-4,10H2,1H3. The van der Waals surface area contributed by atoms with E-state index in [4.69, 9.17) is 5.73 Å². The molecule has 5 nitrogen and oxygen atoms in total. The normalized spacial score (nSPS) is 22.8. The molecule has 2 N–H and O–H groups in total. The SMILES string of the molecule is CN1CCCC(n2cc(N)cn2)C1=O. The molecule has 1 atom stereocenters. The summed E-state index contributed by atoms with van der Waals surface area (Å²) in [5.74, 6) is 0.124. The number of carbonyl (C=O) groups is 1. The number of likely N-dealkylation sites (tertiary alicyclic amines) is 1. The van der Waals surface area contributed by atoms with Crippen molar-refractivity contribution in [1.82, 2.24) is 14.7 Å². The van der Waals surface area contributed by atoms with Crippen molar-refractivity contribution in [2.45, 2.75) is 18.9 Å². The van der Waals surface area contributed by atoms with Crippen LogP contribution in [0.1, 0.15) is 18.9 Å². The molecule has 1 aliphatic heterocycles. The van der Waals surface area contributed by atoms with Crippen molar-refractivity contribution in [2.24, 2.45) is 0 Å². The maximum absolute atomic E-state index is 11.8. The number of aromatic nitrogens is 2. The molecule has 0 saturated carbocycles. The van der Waals surface area contributed by atoms with Crippen LogP contribution in [-0.4, -0.2) is 34.2 Å². The summed E-state index contributed by atoms with van der Waals surface area (Å²) in [6.45, 7) is 0.839. The zero-order chi connectivity index (χ0) is 10.1. The third-order valence-corrected chi connectivity index (χ3v) is 2.57. The largest absolute Gasteiger partial charge is 0.396 e. The van der Waals surface area contributed by atoms with Gasteiger partial charge in [-0.05, 0) is 12.8 Å². The third-order valence-electron chi connectivity index (χ3n) is 2.57. The number of amides is 1. The van der Waals surface area contributed by atoms with Gasteiger partial charge in [0.05, 0.1) is 11.9 Å². The molecule has 1 fully saturated rings. The van der Waals surface area contributed by atoms with Gasteiger partial charge in [-0.3, -0.25) is 9.48 Å². The Morgan fingerprint density at radius 1 is 1.64 bits per heavy atom. The molecule has 76 valence electrons. The van der Waals surface area contributed by atoms with Crippen LogP contribution < -0.4 is 5.73 Å². The first-order valence-electron chi connectivity index (χ1n) is 4.73. The van der Waals surface area contributed by atoms with Gasteiger partial charge in [0.2, 0.25) is 5.91 Å². The molecule has 1 aliphatic rings. The van der Waals surface area contributed by atoms with Gasteiger partial charge in [-0.2, -0.15) is 5.10 Å². The number of likely N-dealkylation sites (N-methyl/N-ethyl adjacent to an activating group) is 1. The topological polar surface area (TPSA) is 64.2 Å². The van der Waals surface area contributed by atoms with Crippen LogP contribution in [0.5, 0.6) is 0 Å². The highest BCUT2D eigenvalue weighted by Gasteiger charge is 2.28. The van der Waals surface area contributed by atoms with E-state index < -0.39 is 0 Å². The fraction of sp³-hybridized carbons (Fsp3) is 0.556. The van der Waals surface area contributed by atoms with E-state index in [0.717, 1.165) is 19.4 Å². The number of piperidine rings is 1. The highest BCUT2D eigenvalue weighted by atomic mass is 16.2. The smallest absolute Gasteiger partial charge is 0.247 e. The molecule has 1 aromatic rings. The van der Waals surface area contributed by atoms with E-state index in [1.165, 1.54) is 0 Å². The molecule has 14 heavy (non-hydrogen) atoms. The third kappa shape index (κ3) is 1.45. The Morgan fingerprint density at radius 3 is 3.07 bits per heavy atom. The fourth-order valence-corrected chi connectivity index (χ4v) is 1.78. The monoisotopic (exact) mass is 194 g/mol. The Balaban J connectivity index is 2.21. The summed E-state index contributed by atoms with van der Waals surface area (Å²) >= 11 is 0. The minimum absolute atomic E-state index is 0.124. The summed E-state index contributed by atoms with van der Waals surface area (Å²) in [4.78, 5) is 13.5. The van der Waals surface area contributed by atoms with Crippen molar-refractivity contribution >= 4 is 11.6 Å². The molecule has 0 spiro atoms. The molecule has 2 rings (SSSR count). The summed E-state index contributed by atoms with van der Waals surface area (Å²) in [5.41, 5.74) is 6.16. The van der Waals surface area contributed by atoms with Crippen LogP contribution in [0.15, 0.2) is 12.4 Å². The highest BCUT2D eigenvalue weighted by molar-refractivity contribution is 5.80. The first-order chi connectivity index (χ1) is 6.68. The Bertz CT molecular complexity index is 346. The van der Waals surface area contributed by atoms with Gasteiger partial charge in [-0.1, -0.05) is 0 Å². The second-order valence-electron chi connectivity index (χ2n) is 3.67. The van der Waals surface area contributed by atoms with Crippen LogP contribution >= 0.6 is 0 Å². The number of carbonyl (C=O) groups excluding carboxylic acids is 1. The number of nitrogens with zero attached hydrogens (tertiary/aromatic N) is 3. The zero-order valence-electron chi connectivity index (χ0n) is 8.18. The van der Waals surface area contributed by atoms with Crippen LogP contribution in [0.4, 0.5) is 5.69 Å². The molecule has 1 unspecified atom stereocenters. The molecule has 0 aromatic carbocycles. The van der Waals surface area contributed by atoms with Gasteiger partial charge >= 0.3 is 0 Å². The molecule has 0 bridgehead atoms. The van der Waals surface area contributed by atoms with Crippen molar-refractivity contribution in [1.29, 1.82) is 0 Å². The minimum atomic E-state index is -0.161. The number of anilines is 1. The molecular weight excluding hydrogens is 180 g/mol. The summed E-state index contributed by atoms with van der Waals surface area (Å²) in [6, 6.07) is -0.161. The summed E-state index contributed by atoms with van der Waals surface area (Å²) in [7, 11) is 1.82. The number of hydrogen-bond acceptors (Lipinski definition) is 3. The van der Waals surface area contributed by atoms with Crippen LogP contribution in [0.2, 0.25) is 0 Å². The Hall–Kier alpha value is -1.52. The van der Waals surface area contributed by atoms with Crippen molar-refractivity contribution in [3.8, 4) is 0 Å². The molecule has 2 heterocycles. The van der Waals surface area contributed by atoms with Crippen molar-refractivity contribution in [3.63, 3.8) is 0 Å². The number of hydrogen-bond donors (Lipinski definition) is 1. The Labute approximate surface area is 82.5 Å². The van der Waals surface area contributed by atoms with E-state index in [9.17, 15) is 4.79 Å². The molecule has 1 aromatic heterocycles. The minimum Gasteiger partial charge on any atom is -0.396 e. The first-order valence-corrected chi connectivity index (χ1v) is 4.73. The molecule has 0 aliphatic carbocycles. The number of nitrogens with two attached hydrogens (primary N) is 1. The van der Waals surface area contributed by atoms with Gasteiger partial charge in [-0.25, -0.2) is 0 Å². The average Bonchev–Trinajstić information content (AvgIpc) is 2.57.